The topological polar surface area (TPSA) is 24.9 Å². The van der Waals surface area contributed by atoms with E-state index in [0.29, 0.717) is 10.2 Å². The summed E-state index contributed by atoms with van der Waals surface area (Å²) in [6.45, 7) is 0.779. The van der Waals surface area contributed by atoms with E-state index in [2.05, 4.69) is 10.3 Å². The first-order valence-electron chi connectivity index (χ1n) is 3.87. The molecule has 0 amide bonds. The van der Waals surface area contributed by atoms with Crippen molar-refractivity contribution in [3.05, 3.63) is 34.1 Å². The standard InChI is InChI=1S/C9H10Cl2N2/c1-12-5-2-3-7-8(10)4-6-13-9(7)11/h2-4,6,12H,5H2,1H3. The largest absolute Gasteiger partial charge is 0.316 e. The number of halogens is 2. The molecule has 1 aromatic rings. The molecule has 0 fully saturated rings. The second-order valence-electron chi connectivity index (χ2n) is 2.46. The Kier molecular flexibility index (Phi) is 4.22. The minimum atomic E-state index is 0.430. The summed E-state index contributed by atoms with van der Waals surface area (Å²) >= 11 is 11.8. The minimum absolute atomic E-state index is 0.430. The van der Waals surface area contributed by atoms with Gasteiger partial charge in [-0.1, -0.05) is 35.4 Å². The number of nitrogens with one attached hydrogen (secondary N) is 1. The first kappa shape index (κ1) is 10.5. The summed E-state index contributed by atoms with van der Waals surface area (Å²) in [5.74, 6) is 0. The van der Waals surface area contributed by atoms with E-state index in [1.165, 1.54) is 0 Å². The van der Waals surface area contributed by atoms with Gasteiger partial charge in [-0.2, -0.15) is 0 Å². The molecule has 13 heavy (non-hydrogen) atoms. The van der Waals surface area contributed by atoms with Gasteiger partial charge in [-0.05, 0) is 13.1 Å². The molecule has 2 nitrogen and oxygen atoms in total. The van der Waals surface area contributed by atoms with Crippen LogP contribution in [0, 0.1) is 0 Å². The maximum atomic E-state index is 5.91. The van der Waals surface area contributed by atoms with Crippen LogP contribution in [-0.4, -0.2) is 18.6 Å². The van der Waals surface area contributed by atoms with E-state index in [1.54, 1.807) is 12.3 Å². The zero-order valence-corrected chi connectivity index (χ0v) is 8.73. The van der Waals surface area contributed by atoms with Crippen LogP contribution in [0.1, 0.15) is 5.56 Å². The van der Waals surface area contributed by atoms with Crippen LogP contribution in [0.4, 0.5) is 0 Å². The molecule has 0 spiro atoms. The number of pyridine rings is 1. The van der Waals surface area contributed by atoms with Crippen molar-refractivity contribution in [1.82, 2.24) is 10.3 Å². The second-order valence-corrected chi connectivity index (χ2v) is 3.22. The van der Waals surface area contributed by atoms with Gasteiger partial charge in [-0.3, -0.25) is 0 Å². The number of hydrogen-bond donors (Lipinski definition) is 1. The van der Waals surface area contributed by atoms with Crippen LogP contribution < -0.4 is 5.32 Å². The fraction of sp³-hybridized carbons (Fsp3) is 0.222. The first-order valence-corrected chi connectivity index (χ1v) is 4.62. The molecule has 0 aliphatic rings. The van der Waals surface area contributed by atoms with Crippen LogP contribution >= 0.6 is 23.2 Å². The van der Waals surface area contributed by atoms with Gasteiger partial charge >= 0.3 is 0 Å². The highest BCUT2D eigenvalue weighted by Crippen LogP contribution is 2.22. The summed E-state index contributed by atoms with van der Waals surface area (Å²) in [7, 11) is 1.87. The van der Waals surface area contributed by atoms with Gasteiger partial charge in [0.2, 0.25) is 0 Å². The van der Waals surface area contributed by atoms with Gasteiger partial charge in [-0.15, -0.1) is 0 Å². The average molecular weight is 217 g/mol. The maximum Gasteiger partial charge on any atom is 0.137 e. The smallest absolute Gasteiger partial charge is 0.137 e. The molecule has 1 heterocycles. The Bertz CT molecular complexity index is 290. The lowest BCUT2D eigenvalue weighted by molar-refractivity contribution is 0.922. The van der Waals surface area contributed by atoms with E-state index in [9.17, 15) is 0 Å². The van der Waals surface area contributed by atoms with Gasteiger partial charge in [-0.25, -0.2) is 4.98 Å². The summed E-state index contributed by atoms with van der Waals surface area (Å²) in [6, 6.07) is 1.71. The average Bonchev–Trinajstić information content (AvgIpc) is 2.10. The molecule has 1 N–H and O–H groups in total. The molecule has 0 atom stereocenters. The summed E-state index contributed by atoms with van der Waals surface area (Å²) in [5, 5.41) is 4.03. The Morgan fingerprint density at radius 1 is 1.54 bits per heavy atom. The third kappa shape index (κ3) is 2.99. The SMILES string of the molecule is CNCC=Cc1c(Cl)ccnc1Cl. The molecule has 0 aromatic carbocycles. The predicted octanol–water partition coefficient (Wildman–Crippen LogP) is 2.62. The number of likely N-dealkylation sites (N-methyl/N-ethyl adjacent to an activating group) is 1. The Balaban J connectivity index is 2.87. The number of rotatable bonds is 3. The van der Waals surface area contributed by atoms with Crippen molar-refractivity contribution >= 4 is 29.3 Å². The summed E-state index contributed by atoms with van der Waals surface area (Å²) in [5.41, 5.74) is 0.765. The number of aromatic nitrogens is 1. The fourth-order valence-corrected chi connectivity index (χ4v) is 1.35. The molecule has 1 rings (SSSR count). The van der Waals surface area contributed by atoms with Crippen LogP contribution in [0.15, 0.2) is 18.3 Å². The van der Waals surface area contributed by atoms with Crippen molar-refractivity contribution in [2.45, 2.75) is 0 Å². The van der Waals surface area contributed by atoms with Crippen LogP contribution in [0.3, 0.4) is 0 Å². The summed E-state index contributed by atoms with van der Waals surface area (Å²) < 4.78 is 0. The maximum absolute atomic E-state index is 5.91. The van der Waals surface area contributed by atoms with Crippen molar-refractivity contribution in [3.63, 3.8) is 0 Å². The van der Waals surface area contributed by atoms with Crippen molar-refractivity contribution in [3.8, 4) is 0 Å². The molecular formula is C9H10Cl2N2. The van der Waals surface area contributed by atoms with Gasteiger partial charge in [0, 0.05) is 18.3 Å². The summed E-state index contributed by atoms with van der Waals surface area (Å²) in [6.07, 6.45) is 5.38. The lowest BCUT2D eigenvalue weighted by atomic mass is 10.2. The molecule has 0 radical (unpaired) electrons. The Morgan fingerprint density at radius 2 is 2.31 bits per heavy atom. The highest BCUT2D eigenvalue weighted by Gasteiger charge is 2.01. The van der Waals surface area contributed by atoms with Gasteiger partial charge in [0.05, 0.1) is 5.02 Å². The van der Waals surface area contributed by atoms with E-state index < -0.39 is 0 Å². The van der Waals surface area contributed by atoms with E-state index in [-0.39, 0.29) is 0 Å². The van der Waals surface area contributed by atoms with Crippen LogP contribution in [0.25, 0.3) is 6.08 Å². The molecule has 4 heteroatoms. The molecule has 0 saturated carbocycles. The molecule has 70 valence electrons. The third-order valence-corrected chi connectivity index (χ3v) is 2.13. The Morgan fingerprint density at radius 3 is 2.92 bits per heavy atom. The fourth-order valence-electron chi connectivity index (χ4n) is 0.869. The van der Waals surface area contributed by atoms with Crippen molar-refractivity contribution in [2.75, 3.05) is 13.6 Å². The van der Waals surface area contributed by atoms with Gasteiger partial charge in [0.1, 0.15) is 5.15 Å². The minimum Gasteiger partial charge on any atom is -0.316 e. The number of nitrogens with zero attached hydrogens (tertiary/aromatic N) is 1. The number of hydrogen-bond acceptors (Lipinski definition) is 2. The van der Waals surface area contributed by atoms with E-state index >= 15 is 0 Å². The molecule has 1 aromatic heterocycles. The van der Waals surface area contributed by atoms with Crippen LogP contribution in [-0.2, 0) is 0 Å². The quantitative estimate of drug-likeness (QED) is 0.787. The highest BCUT2D eigenvalue weighted by atomic mass is 35.5. The van der Waals surface area contributed by atoms with Crippen molar-refractivity contribution in [2.24, 2.45) is 0 Å². The molecular weight excluding hydrogens is 207 g/mol. The van der Waals surface area contributed by atoms with Crippen LogP contribution in [0.5, 0.6) is 0 Å². The molecule has 0 unspecified atom stereocenters. The monoisotopic (exact) mass is 216 g/mol. The molecule has 0 bridgehead atoms. The van der Waals surface area contributed by atoms with Crippen molar-refractivity contribution in [1.29, 1.82) is 0 Å². The lowest BCUT2D eigenvalue weighted by Crippen LogP contribution is -2.03. The van der Waals surface area contributed by atoms with Gasteiger partial charge in [0.15, 0.2) is 0 Å². The zero-order valence-electron chi connectivity index (χ0n) is 7.22. The van der Waals surface area contributed by atoms with Gasteiger partial charge in [0.25, 0.3) is 0 Å². The Labute approximate surface area is 87.6 Å². The second kappa shape index (κ2) is 5.22. The first-order chi connectivity index (χ1) is 6.25. The van der Waals surface area contributed by atoms with Crippen molar-refractivity contribution < 1.29 is 0 Å². The third-order valence-electron chi connectivity index (χ3n) is 1.49. The normalized spacial score (nSPS) is 11.0. The van der Waals surface area contributed by atoms with E-state index in [0.717, 1.165) is 12.1 Å². The summed E-state index contributed by atoms with van der Waals surface area (Å²) in [4.78, 5) is 3.93. The van der Waals surface area contributed by atoms with E-state index in [1.807, 2.05) is 19.2 Å². The van der Waals surface area contributed by atoms with E-state index in [4.69, 9.17) is 23.2 Å². The Hall–Kier alpha value is -0.570. The van der Waals surface area contributed by atoms with Crippen LogP contribution in [0.2, 0.25) is 10.2 Å². The molecule has 0 aliphatic heterocycles. The molecule has 0 saturated heterocycles. The zero-order chi connectivity index (χ0) is 9.68. The van der Waals surface area contributed by atoms with Gasteiger partial charge < -0.3 is 5.32 Å². The lowest BCUT2D eigenvalue weighted by Gasteiger charge is -1.99. The predicted molar refractivity (Wildman–Crippen MR) is 57.2 cm³/mol. The highest BCUT2D eigenvalue weighted by molar-refractivity contribution is 6.36. The molecule has 0 aliphatic carbocycles.